The van der Waals surface area contributed by atoms with Gasteiger partial charge in [0, 0.05) is 60.0 Å². The summed E-state index contributed by atoms with van der Waals surface area (Å²) in [5.74, 6) is -1.10. The molecule has 0 radical (unpaired) electrons. The maximum absolute atomic E-state index is 13.2. The summed E-state index contributed by atoms with van der Waals surface area (Å²) in [4.78, 5) is 25.9. The average molecular weight is 1190 g/mol. The standard InChI is InChI=1S/C28H29BrFN5O5S2.C21H24BrN5O3S/c1-31-28(36)27-24-15-23(19-5-6-19)26(16-25(24)33-35(27)22-11-7-20(29)8-12-22)34(41(2,37)38)14-13-32-42(39,40)17-18-3-9-21(30)10-4-18;1-24-21(28)20-17-11-16(13-3-4-13)19(26(10-9-23)31(2,29)30)12-18(17)25-27(20)15-7-5-14(22)6-8-15/h3-4,7-12,15-16,19,32H,5-6,13-14,17H2,1-2H3,(H,31,36);5-8,11-13H,3-4,9-10,23H2,1-2H3,(H,24,28). The largest absolute Gasteiger partial charge is 0.354 e. The Kier molecular flexibility index (Phi) is 15.8. The van der Waals surface area contributed by atoms with E-state index in [0.29, 0.717) is 55.8 Å². The Hall–Kier alpha value is -5.76. The maximum atomic E-state index is 13.2. The van der Waals surface area contributed by atoms with Gasteiger partial charge in [0.1, 0.15) is 17.2 Å². The van der Waals surface area contributed by atoms with Gasteiger partial charge >= 0.3 is 0 Å². The van der Waals surface area contributed by atoms with E-state index in [1.165, 1.54) is 50.9 Å². The first-order valence-corrected chi connectivity index (χ1v) is 30.0. The molecule has 2 aliphatic rings. The minimum atomic E-state index is -3.84. The van der Waals surface area contributed by atoms with Gasteiger partial charge in [-0.05, 0) is 139 Å². The van der Waals surface area contributed by atoms with Crippen LogP contribution in [0.5, 0.6) is 0 Å². The number of hydrogen-bond donors (Lipinski definition) is 4. The molecule has 5 aromatic carbocycles. The fraction of sp³-hybridized carbons (Fsp3) is 0.306. The Morgan fingerprint density at radius 3 is 1.44 bits per heavy atom. The van der Waals surface area contributed by atoms with Gasteiger partial charge in [0.2, 0.25) is 30.1 Å². The van der Waals surface area contributed by atoms with E-state index in [4.69, 9.17) is 5.73 Å². The van der Waals surface area contributed by atoms with Gasteiger partial charge in [0.25, 0.3) is 11.8 Å². The predicted molar refractivity (Wildman–Crippen MR) is 289 cm³/mol. The quantitative estimate of drug-likeness (QED) is 0.0697. The lowest BCUT2D eigenvalue weighted by Crippen LogP contribution is -2.39. The summed E-state index contributed by atoms with van der Waals surface area (Å²) in [5, 5.41) is 16.0. The summed E-state index contributed by atoms with van der Waals surface area (Å²) in [7, 11) is -8.08. The molecule has 386 valence electrons. The van der Waals surface area contributed by atoms with Crippen LogP contribution in [0, 0.1) is 5.82 Å². The van der Waals surface area contributed by atoms with Crippen LogP contribution in [0.2, 0.25) is 0 Å². The second-order valence-electron chi connectivity index (χ2n) is 17.8. The molecule has 2 heterocycles. The molecular weight excluding hydrogens is 1130 g/mol. The molecule has 2 fully saturated rings. The van der Waals surface area contributed by atoms with Crippen molar-refractivity contribution >= 4 is 107 Å². The lowest BCUT2D eigenvalue weighted by atomic mass is 10.0. The number of fused-ring (bicyclic) bond motifs is 2. The molecule has 7 aromatic rings. The second-order valence-corrected chi connectivity index (χ2v) is 25.2. The Morgan fingerprint density at radius 2 is 1.07 bits per heavy atom. The third-order valence-electron chi connectivity index (χ3n) is 12.3. The van der Waals surface area contributed by atoms with Crippen molar-refractivity contribution in [1.29, 1.82) is 0 Å². The van der Waals surface area contributed by atoms with Crippen molar-refractivity contribution in [2.24, 2.45) is 5.73 Å². The highest BCUT2D eigenvalue weighted by atomic mass is 79.9. The van der Waals surface area contributed by atoms with Crippen molar-refractivity contribution in [1.82, 2.24) is 34.9 Å². The van der Waals surface area contributed by atoms with E-state index in [2.05, 4.69) is 57.4 Å². The van der Waals surface area contributed by atoms with Crippen LogP contribution < -0.4 is 29.7 Å². The number of carbonyl (C=O) groups is 2. The number of benzene rings is 5. The first-order chi connectivity index (χ1) is 34.6. The third kappa shape index (κ3) is 12.3. The molecule has 24 heteroatoms. The molecule has 0 unspecified atom stereocenters. The van der Waals surface area contributed by atoms with E-state index in [1.54, 1.807) is 23.9 Å². The molecule has 2 amide bonds. The number of nitrogens with one attached hydrogen (secondary N) is 3. The van der Waals surface area contributed by atoms with Gasteiger partial charge in [-0.3, -0.25) is 18.2 Å². The minimum Gasteiger partial charge on any atom is -0.354 e. The van der Waals surface area contributed by atoms with Crippen molar-refractivity contribution in [2.45, 2.75) is 43.3 Å². The second kappa shape index (κ2) is 21.6. The summed E-state index contributed by atoms with van der Waals surface area (Å²) in [6, 6.07) is 27.1. The molecule has 0 saturated heterocycles. The first kappa shape index (κ1) is 53.5. The average Bonchev–Trinajstić information content (AvgIpc) is 4.29. The van der Waals surface area contributed by atoms with E-state index in [1.807, 2.05) is 60.7 Å². The van der Waals surface area contributed by atoms with Crippen LogP contribution in [-0.2, 0) is 35.8 Å². The highest BCUT2D eigenvalue weighted by Crippen LogP contribution is 2.48. The third-order valence-corrected chi connectivity index (χ3v) is 17.1. The van der Waals surface area contributed by atoms with Gasteiger partial charge in [0.15, 0.2) is 0 Å². The van der Waals surface area contributed by atoms with Crippen LogP contribution in [0.4, 0.5) is 15.8 Å². The van der Waals surface area contributed by atoms with Gasteiger partial charge < -0.3 is 16.4 Å². The zero-order chi connectivity index (χ0) is 52.6. The van der Waals surface area contributed by atoms with Crippen LogP contribution in [0.3, 0.4) is 0 Å². The first-order valence-electron chi connectivity index (χ1n) is 23.1. The molecule has 0 bridgehead atoms. The summed E-state index contributed by atoms with van der Waals surface area (Å²) in [6.45, 7) is 0.0316. The van der Waals surface area contributed by atoms with Crippen LogP contribution >= 0.6 is 31.9 Å². The van der Waals surface area contributed by atoms with Crippen LogP contribution in [0.25, 0.3) is 33.2 Å². The Morgan fingerprint density at radius 1 is 0.658 bits per heavy atom. The Balaban J connectivity index is 0.000000204. The monoisotopic (exact) mass is 1180 g/mol. The van der Waals surface area contributed by atoms with Gasteiger partial charge in [-0.1, -0.05) is 44.0 Å². The van der Waals surface area contributed by atoms with Crippen LogP contribution in [0.1, 0.15) is 75.2 Å². The molecule has 0 spiro atoms. The van der Waals surface area contributed by atoms with E-state index in [-0.39, 0.29) is 55.6 Å². The number of amides is 2. The van der Waals surface area contributed by atoms with E-state index in [0.717, 1.165) is 57.7 Å². The van der Waals surface area contributed by atoms with Crippen molar-refractivity contribution in [3.8, 4) is 11.4 Å². The number of aromatic nitrogens is 4. The fourth-order valence-corrected chi connectivity index (χ4v) is 12.1. The van der Waals surface area contributed by atoms with E-state index < -0.39 is 35.9 Å². The van der Waals surface area contributed by atoms with Gasteiger partial charge in [-0.2, -0.15) is 10.2 Å². The van der Waals surface area contributed by atoms with E-state index in [9.17, 15) is 39.2 Å². The number of anilines is 2. The molecule has 2 aliphatic carbocycles. The number of carbonyl (C=O) groups excluding carboxylic acids is 2. The Labute approximate surface area is 439 Å². The summed E-state index contributed by atoms with van der Waals surface area (Å²) in [6.07, 6.45) is 5.92. The molecule has 9 rings (SSSR count). The highest BCUT2D eigenvalue weighted by molar-refractivity contribution is 9.10. The van der Waals surface area contributed by atoms with Crippen molar-refractivity contribution in [3.63, 3.8) is 0 Å². The number of hydrogen-bond acceptors (Lipinski definition) is 11. The zero-order valence-corrected chi connectivity index (χ0v) is 45.8. The minimum absolute atomic E-state index is 0.0948. The topological polar surface area (TPSA) is 241 Å². The molecule has 2 aromatic heterocycles. The molecule has 0 atom stereocenters. The van der Waals surface area contributed by atoms with Crippen LogP contribution in [-0.4, -0.2) is 109 Å². The number of halogens is 3. The van der Waals surface area contributed by atoms with Gasteiger partial charge in [-0.15, -0.1) is 0 Å². The molecular formula is C49H53Br2FN10O8S3. The summed E-state index contributed by atoms with van der Waals surface area (Å²) >= 11 is 6.84. The van der Waals surface area contributed by atoms with Gasteiger partial charge in [0.05, 0.1) is 52.0 Å². The summed E-state index contributed by atoms with van der Waals surface area (Å²) < 4.78 is 99.5. The van der Waals surface area contributed by atoms with Crippen LogP contribution in [0.15, 0.2) is 106 Å². The zero-order valence-electron chi connectivity index (χ0n) is 40.1. The van der Waals surface area contributed by atoms with Crippen molar-refractivity contribution in [3.05, 3.63) is 140 Å². The molecule has 0 aliphatic heterocycles. The molecule has 18 nitrogen and oxygen atoms in total. The van der Waals surface area contributed by atoms with Crippen molar-refractivity contribution < 1.29 is 39.2 Å². The fourth-order valence-electron chi connectivity index (χ4n) is 8.56. The molecule has 5 N–H and O–H groups in total. The van der Waals surface area contributed by atoms with Crippen molar-refractivity contribution in [2.75, 3.05) is 61.4 Å². The molecule has 73 heavy (non-hydrogen) atoms. The number of sulfonamides is 3. The predicted octanol–water partition coefficient (Wildman–Crippen LogP) is 6.80. The Bertz CT molecular complexity index is 3570. The smallest absolute Gasteiger partial charge is 0.270 e. The van der Waals surface area contributed by atoms with E-state index >= 15 is 0 Å². The highest BCUT2D eigenvalue weighted by Gasteiger charge is 2.34. The normalized spacial score (nSPS) is 13.9. The SMILES string of the molecule is CNC(=O)c1c2cc(C3CC3)c(N(CCN)S(C)(=O)=O)cc2nn1-c1ccc(Br)cc1.CNC(=O)c1c2cc(C3CC3)c(N(CCNS(=O)(=O)Cc3ccc(F)cc3)S(C)(=O)=O)cc2nn1-c1ccc(Br)cc1. The molecule has 2 saturated carbocycles. The van der Waals surface area contributed by atoms with Gasteiger partial charge in [-0.25, -0.2) is 43.7 Å². The summed E-state index contributed by atoms with van der Waals surface area (Å²) in [5.41, 5.74) is 11.8. The number of rotatable bonds is 18. The number of nitrogens with zero attached hydrogens (tertiary/aromatic N) is 6. The maximum Gasteiger partial charge on any atom is 0.270 e. The lowest BCUT2D eigenvalue weighted by Gasteiger charge is -2.25. The lowest BCUT2D eigenvalue weighted by molar-refractivity contribution is 0.0949. The number of nitrogens with two attached hydrogens (primary N) is 1.